The summed E-state index contributed by atoms with van der Waals surface area (Å²) in [6.45, 7) is 0.865. The van der Waals surface area contributed by atoms with E-state index in [1.54, 1.807) is 29.2 Å². The molecule has 1 aliphatic heterocycles. The van der Waals surface area contributed by atoms with Crippen molar-refractivity contribution in [2.75, 3.05) is 26.2 Å². The third-order valence-electron chi connectivity index (χ3n) is 4.71. The fourth-order valence-corrected chi connectivity index (χ4v) is 4.29. The van der Waals surface area contributed by atoms with Crippen LogP contribution in [0.3, 0.4) is 0 Å². The molecular formula is C20H21N3O5S. The second kappa shape index (κ2) is 8.97. The van der Waals surface area contributed by atoms with Gasteiger partial charge in [0.05, 0.1) is 11.3 Å². The van der Waals surface area contributed by atoms with Crippen molar-refractivity contribution in [2.24, 2.45) is 0 Å². The van der Waals surface area contributed by atoms with E-state index in [4.69, 9.17) is 0 Å². The zero-order valence-electron chi connectivity index (χ0n) is 15.7. The third-order valence-corrected chi connectivity index (χ3v) is 6.28. The smallest absolute Gasteiger partial charge is 0.273 e. The lowest BCUT2D eigenvalue weighted by molar-refractivity contribution is -0.385. The van der Waals surface area contributed by atoms with Crippen LogP contribution in [0.25, 0.3) is 6.08 Å². The van der Waals surface area contributed by atoms with Crippen LogP contribution in [0.5, 0.6) is 0 Å². The van der Waals surface area contributed by atoms with Crippen molar-refractivity contribution >= 4 is 27.7 Å². The number of hydrogen-bond acceptors (Lipinski definition) is 5. The minimum Gasteiger partial charge on any atom is -0.340 e. The van der Waals surface area contributed by atoms with Gasteiger partial charge in [0, 0.05) is 43.2 Å². The SMILES string of the molecule is O=C(Cc1ccccc1[N+](=O)[O-])N1CCN(S(=O)(=O)/C=C/c2ccccc2)CC1. The molecule has 0 N–H and O–H groups in total. The Hall–Kier alpha value is -3.04. The number of carbonyl (C=O) groups excluding carboxylic acids is 1. The fraction of sp³-hybridized carbons (Fsp3) is 0.250. The molecule has 0 atom stereocenters. The topological polar surface area (TPSA) is 101 Å². The molecule has 1 heterocycles. The summed E-state index contributed by atoms with van der Waals surface area (Å²) in [6.07, 6.45) is 1.46. The van der Waals surface area contributed by atoms with Crippen LogP contribution in [0.2, 0.25) is 0 Å². The number of nitro groups is 1. The van der Waals surface area contributed by atoms with Gasteiger partial charge in [-0.1, -0.05) is 48.5 Å². The average Bonchev–Trinajstić information content (AvgIpc) is 2.73. The fourth-order valence-electron chi connectivity index (χ4n) is 3.12. The predicted octanol–water partition coefficient (Wildman–Crippen LogP) is 2.28. The third kappa shape index (κ3) is 5.27. The van der Waals surface area contributed by atoms with Gasteiger partial charge in [0.2, 0.25) is 15.9 Å². The molecule has 0 aromatic heterocycles. The van der Waals surface area contributed by atoms with Crippen LogP contribution in [0, 0.1) is 10.1 Å². The molecule has 2 aromatic rings. The second-order valence-electron chi connectivity index (χ2n) is 6.60. The van der Waals surface area contributed by atoms with Gasteiger partial charge in [0.25, 0.3) is 5.69 Å². The first kappa shape index (κ1) is 20.7. The lowest BCUT2D eigenvalue weighted by Gasteiger charge is -2.33. The summed E-state index contributed by atoms with van der Waals surface area (Å²) in [6, 6.07) is 15.3. The van der Waals surface area contributed by atoms with Crippen molar-refractivity contribution in [3.63, 3.8) is 0 Å². The lowest BCUT2D eigenvalue weighted by Crippen LogP contribution is -2.50. The number of carbonyl (C=O) groups is 1. The summed E-state index contributed by atoms with van der Waals surface area (Å²) in [4.78, 5) is 24.7. The summed E-state index contributed by atoms with van der Waals surface area (Å²) >= 11 is 0. The molecule has 0 spiro atoms. The van der Waals surface area contributed by atoms with Gasteiger partial charge in [-0.25, -0.2) is 8.42 Å². The summed E-state index contributed by atoms with van der Waals surface area (Å²) < 4.78 is 26.3. The molecular weight excluding hydrogens is 394 g/mol. The maximum absolute atomic E-state index is 12.5. The molecule has 8 nitrogen and oxygen atoms in total. The predicted molar refractivity (Wildman–Crippen MR) is 109 cm³/mol. The normalized spacial score (nSPS) is 15.5. The highest BCUT2D eigenvalue weighted by Gasteiger charge is 2.28. The molecule has 0 saturated carbocycles. The Morgan fingerprint density at radius 2 is 1.62 bits per heavy atom. The van der Waals surface area contributed by atoms with Crippen molar-refractivity contribution in [1.82, 2.24) is 9.21 Å². The van der Waals surface area contributed by atoms with E-state index in [1.165, 1.54) is 15.8 Å². The second-order valence-corrected chi connectivity index (χ2v) is 8.42. The standard InChI is InChI=1S/C20H21N3O5S/c24-20(16-18-8-4-5-9-19(18)23(25)26)21-11-13-22(14-12-21)29(27,28)15-10-17-6-2-1-3-7-17/h1-10,15H,11-14,16H2/b15-10+. The molecule has 0 radical (unpaired) electrons. The molecule has 1 aliphatic rings. The largest absolute Gasteiger partial charge is 0.340 e. The number of nitrogens with zero attached hydrogens (tertiary/aromatic N) is 3. The molecule has 0 unspecified atom stereocenters. The first-order chi connectivity index (χ1) is 13.9. The minimum absolute atomic E-state index is 0.0855. The van der Waals surface area contributed by atoms with Crippen LogP contribution in [-0.4, -0.2) is 54.6 Å². The highest BCUT2D eigenvalue weighted by molar-refractivity contribution is 7.92. The van der Waals surface area contributed by atoms with Gasteiger partial charge in [-0.3, -0.25) is 14.9 Å². The monoisotopic (exact) mass is 415 g/mol. The summed E-state index contributed by atoms with van der Waals surface area (Å²) in [7, 11) is -3.58. The quantitative estimate of drug-likeness (QED) is 0.532. The maximum atomic E-state index is 12.5. The van der Waals surface area contributed by atoms with Gasteiger partial charge in [-0.15, -0.1) is 0 Å². The van der Waals surface area contributed by atoms with Gasteiger partial charge < -0.3 is 4.90 Å². The number of para-hydroxylation sites is 1. The average molecular weight is 415 g/mol. The zero-order valence-corrected chi connectivity index (χ0v) is 16.5. The number of piperazine rings is 1. The van der Waals surface area contributed by atoms with Crippen LogP contribution in [-0.2, 0) is 21.2 Å². The maximum Gasteiger partial charge on any atom is 0.273 e. The van der Waals surface area contributed by atoms with E-state index in [9.17, 15) is 23.3 Å². The Morgan fingerprint density at radius 1 is 1.00 bits per heavy atom. The molecule has 152 valence electrons. The van der Waals surface area contributed by atoms with E-state index < -0.39 is 14.9 Å². The van der Waals surface area contributed by atoms with E-state index in [0.29, 0.717) is 5.56 Å². The number of nitro benzene ring substituents is 1. The molecule has 1 fully saturated rings. The number of sulfonamides is 1. The minimum atomic E-state index is -3.58. The van der Waals surface area contributed by atoms with E-state index >= 15 is 0 Å². The molecule has 1 saturated heterocycles. The number of amides is 1. The molecule has 0 aliphatic carbocycles. The van der Waals surface area contributed by atoms with Crippen LogP contribution < -0.4 is 0 Å². The van der Waals surface area contributed by atoms with E-state index in [0.717, 1.165) is 5.56 Å². The van der Waals surface area contributed by atoms with Crippen LogP contribution in [0.4, 0.5) is 5.69 Å². The first-order valence-electron chi connectivity index (χ1n) is 9.10. The number of rotatable bonds is 6. The van der Waals surface area contributed by atoms with Gasteiger partial charge in [0.15, 0.2) is 0 Å². The van der Waals surface area contributed by atoms with Crippen molar-refractivity contribution in [2.45, 2.75) is 6.42 Å². The molecule has 0 bridgehead atoms. The van der Waals surface area contributed by atoms with Crippen molar-refractivity contribution in [3.05, 3.63) is 81.2 Å². The van der Waals surface area contributed by atoms with Crippen molar-refractivity contribution in [1.29, 1.82) is 0 Å². The summed E-state index contributed by atoms with van der Waals surface area (Å²) in [5.74, 6) is -0.254. The van der Waals surface area contributed by atoms with Gasteiger partial charge >= 0.3 is 0 Å². The van der Waals surface area contributed by atoms with Crippen LogP contribution >= 0.6 is 0 Å². The van der Waals surface area contributed by atoms with Crippen LogP contribution in [0.15, 0.2) is 60.0 Å². The van der Waals surface area contributed by atoms with Gasteiger partial charge in [-0.2, -0.15) is 4.31 Å². The summed E-state index contributed by atoms with van der Waals surface area (Å²) in [5, 5.41) is 12.3. The highest BCUT2D eigenvalue weighted by atomic mass is 32.2. The first-order valence-corrected chi connectivity index (χ1v) is 10.6. The summed E-state index contributed by atoms with van der Waals surface area (Å²) in [5.41, 5.74) is 1.05. The molecule has 2 aromatic carbocycles. The Balaban J connectivity index is 1.59. The highest BCUT2D eigenvalue weighted by Crippen LogP contribution is 2.19. The van der Waals surface area contributed by atoms with E-state index in [-0.39, 0.29) is 44.2 Å². The molecule has 1 amide bonds. The Kier molecular flexibility index (Phi) is 6.40. The van der Waals surface area contributed by atoms with Crippen molar-refractivity contribution in [3.8, 4) is 0 Å². The van der Waals surface area contributed by atoms with Crippen molar-refractivity contribution < 1.29 is 18.1 Å². The molecule has 9 heteroatoms. The Bertz CT molecular complexity index is 1010. The van der Waals surface area contributed by atoms with Gasteiger partial charge in [0.1, 0.15) is 0 Å². The Labute approximate surface area is 169 Å². The molecule has 29 heavy (non-hydrogen) atoms. The molecule has 3 rings (SSSR count). The zero-order chi connectivity index (χ0) is 20.9. The Morgan fingerprint density at radius 3 is 2.28 bits per heavy atom. The van der Waals surface area contributed by atoms with Crippen LogP contribution in [0.1, 0.15) is 11.1 Å². The van der Waals surface area contributed by atoms with E-state index in [1.807, 2.05) is 30.3 Å². The lowest BCUT2D eigenvalue weighted by atomic mass is 10.1. The number of benzene rings is 2. The number of hydrogen-bond donors (Lipinski definition) is 0. The van der Waals surface area contributed by atoms with E-state index in [2.05, 4.69) is 0 Å². The van der Waals surface area contributed by atoms with Gasteiger partial charge in [-0.05, 0) is 11.6 Å².